The Hall–Kier alpha value is -2.33. The molecule has 4 rings (SSSR count). The van der Waals surface area contributed by atoms with Crippen LogP contribution in [-0.2, 0) is 4.79 Å². The SMILES string of the molecule is C[NH+]1[C@@H]2CC[C@H]1/C(=C/c1ccc[nH]1)C(=O)C2=Cc1ccc[nH]1. The van der Waals surface area contributed by atoms with Gasteiger partial charge in [-0.2, -0.15) is 0 Å². The van der Waals surface area contributed by atoms with Crippen LogP contribution in [0.5, 0.6) is 0 Å². The maximum Gasteiger partial charge on any atom is 0.197 e. The second-order valence-corrected chi connectivity index (χ2v) is 6.21. The highest BCUT2D eigenvalue weighted by Crippen LogP contribution is 2.30. The van der Waals surface area contributed by atoms with E-state index in [1.807, 2.05) is 48.8 Å². The minimum atomic E-state index is 0.210. The van der Waals surface area contributed by atoms with Crippen molar-refractivity contribution >= 4 is 17.9 Å². The van der Waals surface area contributed by atoms with E-state index in [9.17, 15) is 4.79 Å². The lowest BCUT2D eigenvalue weighted by atomic mass is 9.89. The number of carbonyl (C=O) groups is 1. The van der Waals surface area contributed by atoms with Gasteiger partial charge in [-0.15, -0.1) is 0 Å². The molecule has 0 radical (unpaired) electrons. The molecule has 0 saturated carbocycles. The van der Waals surface area contributed by atoms with Crippen molar-refractivity contribution < 1.29 is 9.69 Å². The summed E-state index contributed by atoms with van der Waals surface area (Å²) in [5, 5.41) is 0. The first-order chi connectivity index (χ1) is 10.7. The van der Waals surface area contributed by atoms with Gasteiger partial charge in [-0.05, 0) is 36.4 Å². The maximum atomic E-state index is 13.0. The first-order valence-corrected chi connectivity index (χ1v) is 7.82. The maximum absolute atomic E-state index is 13.0. The number of rotatable bonds is 2. The Kier molecular flexibility index (Phi) is 3.12. The van der Waals surface area contributed by atoms with Crippen LogP contribution in [0.4, 0.5) is 0 Å². The molecule has 2 aromatic rings. The Bertz CT molecular complexity index is 675. The third-order valence-electron chi connectivity index (χ3n) is 4.98. The van der Waals surface area contributed by atoms with Crippen molar-refractivity contribution in [3.8, 4) is 0 Å². The highest BCUT2D eigenvalue weighted by atomic mass is 16.1. The molecule has 4 heteroatoms. The number of carbonyl (C=O) groups excluding carboxylic acids is 1. The fourth-order valence-electron chi connectivity index (χ4n) is 3.85. The van der Waals surface area contributed by atoms with E-state index in [-0.39, 0.29) is 5.78 Å². The topological polar surface area (TPSA) is 53.1 Å². The minimum absolute atomic E-state index is 0.210. The Morgan fingerprint density at radius 3 is 1.91 bits per heavy atom. The van der Waals surface area contributed by atoms with Crippen molar-refractivity contribution in [1.29, 1.82) is 0 Å². The summed E-state index contributed by atoms with van der Waals surface area (Å²) in [6, 6.07) is 8.58. The van der Waals surface area contributed by atoms with Crippen molar-refractivity contribution in [1.82, 2.24) is 9.97 Å². The standard InChI is InChI=1S/C18H19N3O/c1-21-16-6-7-17(21)15(11-13-5-3-9-20-13)18(22)14(16)10-12-4-2-8-19-12/h2-5,8-11,16-17,19-20H,6-7H2,1H3/p+1/b14-10-,15-11?/t16-,17+/m0/s1. The molecular weight excluding hydrogens is 274 g/mol. The van der Waals surface area contributed by atoms with Gasteiger partial charge in [0.25, 0.3) is 0 Å². The van der Waals surface area contributed by atoms with Crippen LogP contribution in [0.1, 0.15) is 24.2 Å². The second-order valence-electron chi connectivity index (χ2n) is 6.21. The van der Waals surface area contributed by atoms with E-state index in [1.54, 1.807) is 0 Å². The lowest BCUT2D eigenvalue weighted by Gasteiger charge is -2.31. The number of ketones is 1. The van der Waals surface area contributed by atoms with Gasteiger partial charge in [-0.3, -0.25) is 4.79 Å². The lowest BCUT2D eigenvalue weighted by molar-refractivity contribution is -0.906. The summed E-state index contributed by atoms with van der Waals surface area (Å²) in [5.74, 6) is 0.210. The van der Waals surface area contributed by atoms with Crippen LogP contribution < -0.4 is 4.90 Å². The number of hydrogen-bond acceptors (Lipinski definition) is 1. The zero-order valence-corrected chi connectivity index (χ0v) is 12.6. The highest BCUT2D eigenvalue weighted by molar-refractivity contribution is 6.15. The molecule has 0 spiro atoms. The summed E-state index contributed by atoms with van der Waals surface area (Å²) >= 11 is 0. The monoisotopic (exact) mass is 294 g/mol. The molecule has 22 heavy (non-hydrogen) atoms. The normalized spacial score (nSPS) is 31.3. The molecule has 4 heterocycles. The van der Waals surface area contributed by atoms with Crippen molar-refractivity contribution in [2.75, 3.05) is 7.05 Å². The Morgan fingerprint density at radius 2 is 1.50 bits per heavy atom. The molecule has 0 aliphatic carbocycles. The summed E-state index contributed by atoms with van der Waals surface area (Å²) < 4.78 is 0. The van der Waals surface area contributed by atoms with E-state index < -0.39 is 0 Å². The van der Waals surface area contributed by atoms with E-state index in [4.69, 9.17) is 0 Å². The molecule has 1 unspecified atom stereocenters. The van der Waals surface area contributed by atoms with Gasteiger partial charge < -0.3 is 14.9 Å². The molecule has 3 atom stereocenters. The number of quaternary nitrogens is 1. The van der Waals surface area contributed by atoms with Crippen molar-refractivity contribution in [3.63, 3.8) is 0 Å². The smallest absolute Gasteiger partial charge is 0.197 e. The van der Waals surface area contributed by atoms with E-state index in [2.05, 4.69) is 17.0 Å². The van der Waals surface area contributed by atoms with Crippen LogP contribution in [-0.4, -0.2) is 34.9 Å². The largest absolute Gasteiger partial charge is 0.362 e. The first-order valence-electron chi connectivity index (χ1n) is 7.82. The number of aromatic nitrogens is 2. The van der Waals surface area contributed by atoms with Gasteiger partial charge in [0.2, 0.25) is 0 Å². The molecule has 3 N–H and O–H groups in total. The molecule has 2 aromatic heterocycles. The predicted octanol–water partition coefficient (Wildman–Crippen LogP) is 1.44. The van der Waals surface area contributed by atoms with E-state index in [1.165, 1.54) is 4.90 Å². The van der Waals surface area contributed by atoms with Crippen LogP contribution >= 0.6 is 0 Å². The van der Waals surface area contributed by atoms with E-state index >= 15 is 0 Å². The summed E-state index contributed by atoms with van der Waals surface area (Å²) in [6.45, 7) is 0. The van der Waals surface area contributed by atoms with Crippen molar-refractivity contribution in [2.24, 2.45) is 0 Å². The molecule has 2 saturated heterocycles. The van der Waals surface area contributed by atoms with Gasteiger partial charge in [0.1, 0.15) is 12.1 Å². The molecule has 4 nitrogen and oxygen atoms in total. The molecule has 2 aliphatic rings. The van der Waals surface area contributed by atoms with Gasteiger partial charge in [-0.1, -0.05) is 0 Å². The average Bonchev–Trinajstić information content (AvgIpc) is 3.22. The molecular formula is C18H20N3O+. The van der Waals surface area contributed by atoms with Crippen LogP contribution in [0.15, 0.2) is 47.8 Å². The molecule has 0 amide bonds. The van der Waals surface area contributed by atoms with Crippen LogP contribution in [0.3, 0.4) is 0 Å². The minimum Gasteiger partial charge on any atom is -0.362 e. The second kappa shape index (κ2) is 5.14. The van der Waals surface area contributed by atoms with Crippen molar-refractivity contribution in [2.45, 2.75) is 24.9 Å². The fourth-order valence-corrected chi connectivity index (χ4v) is 3.85. The summed E-state index contributed by atoms with van der Waals surface area (Å²) in [5.41, 5.74) is 3.87. The molecule has 2 aliphatic heterocycles. The van der Waals surface area contributed by atoms with Crippen LogP contribution in [0, 0.1) is 0 Å². The highest BCUT2D eigenvalue weighted by Gasteiger charge is 2.48. The average molecular weight is 294 g/mol. The van der Waals surface area contributed by atoms with Crippen LogP contribution in [0.2, 0.25) is 0 Å². The van der Waals surface area contributed by atoms with Gasteiger partial charge in [0, 0.05) is 36.6 Å². The third-order valence-corrected chi connectivity index (χ3v) is 4.98. The van der Waals surface area contributed by atoms with E-state index in [0.29, 0.717) is 12.1 Å². The van der Waals surface area contributed by atoms with Crippen LogP contribution in [0.25, 0.3) is 12.2 Å². The molecule has 2 bridgehead atoms. The molecule has 2 fully saturated rings. The van der Waals surface area contributed by atoms with Crippen molar-refractivity contribution in [3.05, 3.63) is 59.2 Å². The lowest BCUT2D eigenvalue weighted by Crippen LogP contribution is -3.16. The number of fused-ring (bicyclic) bond motifs is 2. The third kappa shape index (κ3) is 2.07. The Labute approximate surface area is 129 Å². The quantitative estimate of drug-likeness (QED) is 0.721. The number of piperidine rings is 1. The Balaban J connectivity index is 1.79. The number of Topliss-reactive ketones (excluding diaryl/α,β-unsaturated/α-hetero) is 1. The van der Waals surface area contributed by atoms with E-state index in [0.717, 1.165) is 35.4 Å². The predicted molar refractivity (Wildman–Crippen MR) is 86.2 cm³/mol. The summed E-state index contributed by atoms with van der Waals surface area (Å²) in [4.78, 5) is 20.8. The summed E-state index contributed by atoms with van der Waals surface area (Å²) in [7, 11) is 2.21. The first kappa shape index (κ1) is 13.3. The molecule has 0 aromatic carbocycles. The number of hydrogen-bond donors (Lipinski definition) is 3. The van der Waals surface area contributed by atoms with Gasteiger partial charge in [-0.25, -0.2) is 0 Å². The number of H-pyrrole nitrogens is 2. The van der Waals surface area contributed by atoms with Gasteiger partial charge in [0.05, 0.1) is 18.2 Å². The van der Waals surface area contributed by atoms with Gasteiger partial charge >= 0.3 is 0 Å². The molecule has 112 valence electrons. The fraction of sp³-hybridized carbons (Fsp3) is 0.278. The number of nitrogens with one attached hydrogen (secondary N) is 3. The Morgan fingerprint density at radius 1 is 1.00 bits per heavy atom. The summed E-state index contributed by atoms with van der Waals surface area (Å²) in [6.07, 6.45) is 10.0. The van der Waals surface area contributed by atoms with Gasteiger partial charge in [0.15, 0.2) is 5.78 Å². The zero-order chi connectivity index (χ0) is 15.1. The number of aromatic amines is 2. The number of likely N-dealkylation sites (N-methyl/N-ethyl adjacent to an activating group) is 1. The zero-order valence-electron chi connectivity index (χ0n) is 12.6.